The average molecular weight is 641 g/mol. The van der Waals surface area contributed by atoms with Gasteiger partial charge in [0, 0.05) is 20.0 Å². The summed E-state index contributed by atoms with van der Waals surface area (Å²) in [7, 11) is -3.21. The molecule has 0 fully saturated rings. The summed E-state index contributed by atoms with van der Waals surface area (Å²) in [6.45, 7) is 3.69. The van der Waals surface area contributed by atoms with Crippen LogP contribution in [0.4, 0.5) is 0 Å². The number of phosphoric ester groups is 1. The molecule has 0 aliphatic rings. The summed E-state index contributed by atoms with van der Waals surface area (Å²) in [5, 5.41) is 0. The second-order valence-electron chi connectivity index (χ2n) is 10.9. The van der Waals surface area contributed by atoms with E-state index in [1.165, 1.54) is 44.9 Å². The van der Waals surface area contributed by atoms with Gasteiger partial charge in [-0.25, -0.2) is 4.57 Å². The first-order valence-electron chi connectivity index (χ1n) is 16.8. The summed E-state index contributed by atoms with van der Waals surface area (Å²) in [5.74, 6) is -0.859. The monoisotopic (exact) mass is 640 g/mol. The minimum Gasteiger partial charge on any atom is -0.462 e. The lowest BCUT2D eigenvalue weighted by molar-refractivity contribution is -0.161. The number of phosphoric acid groups is 1. The maximum atomic E-state index is 12.4. The molecule has 0 aliphatic carbocycles. The van der Waals surface area contributed by atoms with E-state index in [-0.39, 0.29) is 25.4 Å². The Morgan fingerprint density at radius 2 is 1.16 bits per heavy atom. The molecule has 8 nitrogen and oxygen atoms in total. The van der Waals surface area contributed by atoms with E-state index in [9.17, 15) is 19.0 Å². The predicted molar refractivity (Wildman–Crippen MR) is 179 cm³/mol. The zero-order valence-electron chi connectivity index (χ0n) is 27.8. The second kappa shape index (κ2) is 31.0. The maximum Gasteiger partial charge on any atom is 0.472 e. The fourth-order valence-electron chi connectivity index (χ4n) is 4.23. The van der Waals surface area contributed by atoms with Crippen LogP contribution in [0.3, 0.4) is 0 Å². The third-order valence-electron chi connectivity index (χ3n) is 6.84. The van der Waals surface area contributed by atoms with Crippen LogP contribution >= 0.6 is 7.82 Å². The van der Waals surface area contributed by atoms with Gasteiger partial charge in [-0.3, -0.25) is 18.6 Å². The van der Waals surface area contributed by atoms with Gasteiger partial charge in [0.25, 0.3) is 0 Å². The van der Waals surface area contributed by atoms with Gasteiger partial charge >= 0.3 is 19.8 Å². The van der Waals surface area contributed by atoms with E-state index < -0.39 is 26.5 Å². The second-order valence-corrected chi connectivity index (χ2v) is 12.5. The van der Waals surface area contributed by atoms with Crippen LogP contribution in [0, 0.1) is 0 Å². The van der Waals surface area contributed by atoms with Crippen LogP contribution in [0.25, 0.3) is 0 Å². The Hall–Kier alpha value is -1.99. The molecule has 0 saturated heterocycles. The van der Waals surface area contributed by atoms with E-state index in [1.807, 2.05) is 0 Å². The van der Waals surface area contributed by atoms with E-state index >= 15 is 0 Å². The Labute approximate surface area is 268 Å². The number of ether oxygens (including phenoxy) is 2. The highest BCUT2D eigenvalue weighted by molar-refractivity contribution is 7.47. The largest absolute Gasteiger partial charge is 0.472 e. The minimum atomic E-state index is -4.26. The van der Waals surface area contributed by atoms with Gasteiger partial charge in [0.2, 0.25) is 0 Å². The molecule has 44 heavy (non-hydrogen) atoms. The van der Waals surface area contributed by atoms with Gasteiger partial charge in [-0.1, -0.05) is 120 Å². The standard InChI is InChI=1S/C35H61O8P/c1-4-6-8-10-12-14-16-17-18-19-20-22-24-26-28-30-35(37)43-33(32-42-44(38,39)40-3)31-41-34(36)29-27-25-23-21-15-13-11-9-7-5-2/h6,8,12,14,17-18,20,22,33H,4-5,7,9-11,13,15-16,19,21,23-32H2,1-3H3,(H,38,39)/b8-6-,14-12-,18-17-,22-20-. The summed E-state index contributed by atoms with van der Waals surface area (Å²) >= 11 is 0. The number of unbranched alkanes of at least 4 members (excludes halogenated alkanes) is 11. The summed E-state index contributed by atoms with van der Waals surface area (Å²) in [5.41, 5.74) is 0. The first kappa shape index (κ1) is 42.0. The van der Waals surface area contributed by atoms with Crippen molar-refractivity contribution in [3.63, 3.8) is 0 Å². The van der Waals surface area contributed by atoms with Gasteiger partial charge in [-0.2, -0.15) is 0 Å². The van der Waals surface area contributed by atoms with Crippen molar-refractivity contribution in [2.24, 2.45) is 0 Å². The van der Waals surface area contributed by atoms with E-state index in [4.69, 9.17) is 14.0 Å². The lowest BCUT2D eigenvalue weighted by Gasteiger charge is -2.19. The van der Waals surface area contributed by atoms with E-state index in [0.717, 1.165) is 64.9 Å². The highest BCUT2D eigenvalue weighted by atomic mass is 31.2. The number of carbonyl (C=O) groups excluding carboxylic acids is 2. The third-order valence-corrected chi connectivity index (χ3v) is 7.77. The molecule has 0 aromatic carbocycles. The molecule has 0 amide bonds. The molecule has 0 aliphatic heterocycles. The topological polar surface area (TPSA) is 108 Å². The van der Waals surface area contributed by atoms with Gasteiger partial charge in [-0.05, 0) is 51.4 Å². The molecule has 0 bridgehead atoms. The first-order valence-corrected chi connectivity index (χ1v) is 18.3. The highest BCUT2D eigenvalue weighted by Gasteiger charge is 2.24. The van der Waals surface area contributed by atoms with Gasteiger partial charge in [0.1, 0.15) is 6.61 Å². The third kappa shape index (κ3) is 30.1. The van der Waals surface area contributed by atoms with Crippen molar-refractivity contribution < 1.29 is 37.6 Å². The average Bonchev–Trinajstić information content (AvgIpc) is 3.01. The summed E-state index contributed by atoms with van der Waals surface area (Å²) in [4.78, 5) is 34.1. The van der Waals surface area contributed by atoms with Gasteiger partial charge in [0.05, 0.1) is 6.61 Å². The van der Waals surface area contributed by atoms with Gasteiger partial charge < -0.3 is 14.4 Å². The number of hydrogen-bond donors (Lipinski definition) is 1. The Kier molecular flexibility index (Phi) is 29.6. The van der Waals surface area contributed by atoms with E-state index in [2.05, 4.69) is 67.0 Å². The minimum absolute atomic E-state index is 0.192. The van der Waals surface area contributed by atoms with E-state index in [0.29, 0.717) is 6.42 Å². The molecule has 0 spiro atoms. The molecular formula is C35H61O8P. The van der Waals surface area contributed by atoms with Crippen molar-refractivity contribution in [3.05, 3.63) is 48.6 Å². The molecule has 0 aromatic heterocycles. The Morgan fingerprint density at radius 1 is 0.659 bits per heavy atom. The Bertz CT molecular complexity index is 865. The van der Waals surface area contributed by atoms with Gasteiger partial charge in [-0.15, -0.1) is 0 Å². The quantitative estimate of drug-likeness (QED) is 0.0358. The molecule has 2 unspecified atom stereocenters. The van der Waals surface area contributed by atoms with Crippen LogP contribution in [0.2, 0.25) is 0 Å². The number of hydrogen-bond acceptors (Lipinski definition) is 7. The number of esters is 2. The molecule has 0 saturated carbocycles. The molecule has 254 valence electrons. The molecule has 2 atom stereocenters. The van der Waals surface area contributed by atoms with Gasteiger partial charge in [0.15, 0.2) is 6.10 Å². The van der Waals surface area contributed by atoms with Crippen molar-refractivity contribution in [1.82, 2.24) is 0 Å². The zero-order chi connectivity index (χ0) is 32.6. The molecule has 0 radical (unpaired) electrons. The number of rotatable bonds is 30. The lowest BCUT2D eigenvalue weighted by Crippen LogP contribution is -2.29. The number of carbonyl (C=O) groups is 2. The fraction of sp³-hybridized carbons (Fsp3) is 0.714. The van der Waals surface area contributed by atoms with Crippen molar-refractivity contribution in [1.29, 1.82) is 0 Å². The predicted octanol–water partition coefficient (Wildman–Crippen LogP) is 9.88. The van der Waals surface area contributed by atoms with Crippen LogP contribution < -0.4 is 0 Å². The highest BCUT2D eigenvalue weighted by Crippen LogP contribution is 2.42. The van der Waals surface area contributed by atoms with Crippen LogP contribution in [-0.4, -0.2) is 43.3 Å². The van der Waals surface area contributed by atoms with Crippen molar-refractivity contribution >= 4 is 19.8 Å². The summed E-state index contributed by atoms with van der Waals surface area (Å²) in [6, 6.07) is 0. The molecule has 0 heterocycles. The molecule has 9 heteroatoms. The van der Waals surface area contributed by atoms with Crippen LogP contribution in [0.1, 0.15) is 136 Å². The Morgan fingerprint density at radius 3 is 1.73 bits per heavy atom. The zero-order valence-corrected chi connectivity index (χ0v) is 28.7. The molecule has 1 N–H and O–H groups in total. The lowest BCUT2D eigenvalue weighted by atomic mass is 10.1. The van der Waals surface area contributed by atoms with Crippen molar-refractivity contribution in [3.8, 4) is 0 Å². The Balaban J connectivity index is 4.22. The summed E-state index contributed by atoms with van der Waals surface area (Å²) < 4.78 is 31.7. The molecule has 0 rings (SSSR count). The van der Waals surface area contributed by atoms with E-state index in [1.54, 1.807) is 0 Å². The number of allylic oxidation sites excluding steroid dienone is 8. The molecular weight excluding hydrogens is 579 g/mol. The van der Waals surface area contributed by atoms with Crippen molar-refractivity contribution in [2.45, 2.75) is 142 Å². The SMILES string of the molecule is CC/C=C\C/C=C\C/C=C\C/C=C\CCCCC(=O)OC(COC(=O)CCCCCCCCCCCC)COP(=O)(O)OC. The normalized spacial score (nSPS) is 14.2. The van der Waals surface area contributed by atoms with Crippen molar-refractivity contribution in [2.75, 3.05) is 20.3 Å². The summed E-state index contributed by atoms with van der Waals surface area (Å²) in [6.07, 6.45) is 34.5. The smallest absolute Gasteiger partial charge is 0.462 e. The van der Waals surface area contributed by atoms with Crippen LogP contribution in [0.5, 0.6) is 0 Å². The fourth-order valence-corrected chi connectivity index (χ4v) is 4.69. The van der Waals surface area contributed by atoms with Crippen LogP contribution in [0.15, 0.2) is 48.6 Å². The maximum absolute atomic E-state index is 12.4. The first-order chi connectivity index (χ1) is 21.3. The van der Waals surface area contributed by atoms with Crippen LogP contribution in [-0.2, 0) is 32.7 Å². The molecule has 0 aromatic rings.